The van der Waals surface area contributed by atoms with Gasteiger partial charge in [0.25, 0.3) is 5.91 Å². The molecule has 2 unspecified atom stereocenters. The number of aromatic nitrogens is 2. The summed E-state index contributed by atoms with van der Waals surface area (Å²) in [4.78, 5) is 26.5. The number of hydrazine groups is 1. The molecule has 1 N–H and O–H groups in total. The monoisotopic (exact) mass is 728 g/mol. The van der Waals surface area contributed by atoms with Gasteiger partial charge < -0.3 is 28.7 Å². The van der Waals surface area contributed by atoms with Crippen molar-refractivity contribution in [2.24, 2.45) is 5.10 Å². The summed E-state index contributed by atoms with van der Waals surface area (Å²) in [5.74, 6) is 1.67. The Bertz CT molecular complexity index is 1850. The summed E-state index contributed by atoms with van der Waals surface area (Å²) in [6.45, 7) is 12.5. The second kappa shape index (κ2) is 16.7. The summed E-state index contributed by atoms with van der Waals surface area (Å²) >= 11 is 0. The van der Waals surface area contributed by atoms with Crippen LogP contribution >= 0.6 is 12.4 Å². The van der Waals surface area contributed by atoms with Crippen LogP contribution in [0.25, 0.3) is 11.0 Å². The van der Waals surface area contributed by atoms with Crippen LogP contribution in [0.2, 0.25) is 0 Å². The third kappa shape index (κ3) is 7.64. The topological polar surface area (TPSA) is 90.7 Å². The highest BCUT2D eigenvalue weighted by Gasteiger charge is 2.42. The molecule has 0 saturated carbocycles. The lowest BCUT2D eigenvalue weighted by atomic mass is 9.76. The fraction of sp³-hybridized carbons (Fsp3) is 0.475. The Hall–Kier alpha value is -4.16. The number of anilines is 1. The number of para-hydroxylation sites is 2. The van der Waals surface area contributed by atoms with Gasteiger partial charge in [-0.25, -0.2) is 10.5 Å². The van der Waals surface area contributed by atoms with E-state index in [0.29, 0.717) is 37.6 Å². The molecule has 4 heterocycles. The lowest BCUT2D eigenvalue weighted by Crippen LogP contribution is -2.39. The van der Waals surface area contributed by atoms with Crippen molar-refractivity contribution in [2.75, 3.05) is 78.1 Å². The van der Waals surface area contributed by atoms with Crippen LogP contribution in [-0.4, -0.2) is 109 Å². The van der Waals surface area contributed by atoms with Crippen molar-refractivity contribution in [1.82, 2.24) is 29.9 Å². The normalized spacial score (nSPS) is 21.2. The van der Waals surface area contributed by atoms with Crippen molar-refractivity contribution in [2.45, 2.75) is 51.1 Å². The van der Waals surface area contributed by atoms with Gasteiger partial charge in [0.15, 0.2) is 0 Å². The molecular formula is C40H53ClN8O3. The standard InChI is InChI=1S/C40H52N8O3.ClH/c1-5-51-27-26-48-35-15-10-9-14-34(35)41-39(48)46-21-11-20-45(24-25-46)22-18-40(32-12-7-6-8-13-32)19-23-47(29-40)38(49)33-28-31(16-17-36(33)50-4)37-30(2)42-43-44(37)3;/h6-10,12-17,28,37,43H,5,11,18-27,29H2,1-4H3;1H. The number of likely N-dealkylation sites (tertiary alicyclic amines) is 1. The molecule has 0 radical (unpaired) electrons. The van der Waals surface area contributed by atoms with E-state index in [9.17, 15) is 4.79 Å². The van der Waals surface area contributed by atoms with E-state index in [2.05, 4.69) is 79.6 Å². The van der Waals surface area contributed by atoms with Crippen LogP contribution in [0.4, 0.5) is 5.95 Å². The first-order valence-electron chi connectivity index (χ1n) is 18.5. The van der Waals surface area contributed by atoms with Gasteiger partial charge in [-0.3, -0.25) is 4.79 Å². The summed E-state index contributed by atoms with van der Waals surface area (Å²) in [5.41, 5.74) is 8.99. The highest BCUT2D eigenvalue weighted by molar-refractivity contribution is 5.98. The van der Waals surface area contributed by atoms with Crippen LogP contribution < -0.4 is 15.2 Å². The van der Waals surface area contributed by atoms with Gasteiger partial charge in [-0.15, -0.1) is 12.4 Å². The summed E-state index contributed by atoms with van der Waals surface area (Å²) in [7, 11) is 3.60. The van der Waals surface area contributed by atoms with Gasteiger partial charge in [0, 0.05) is 58.3 Å². The van der Waals surface area contributed by atoms with E-state index in [1.54, 1.807) is 7.11 Å². The molecule has 4 aromatic rings. The van der Waals surface area contributed by atoms with Gasteiger partial charge in [0.1, 0.15) is 5.75 Å². The summed E-state index contributed by atoms with van der Waals surface area (Å²) in [6, 6.07) is 25.1. The molecule has 0 spiro atoms. The number of hydrogen-bond donors (Lipinski definition) is 1. The highest BCUT2D eigenvalue weighted by atomic mass is 35.5. The lowest BCUT2D eigenvalue weighted by Gasteiger charge is -2.33. The van der Waals surface area contributed by atoms with E-state index in [4.69, 9.17) is 14.5 Å². The highest BCUT2D eigenvalue weighted by Crippen LogP contribution is 2.40. The Kier molecular flexibility index (Phi) is 12.1. The van der Waals surface area contributed by atoms with Gasteiger partial charge in [-0.05, 0) is 81.6 Å². The van der Waals surface area contributed by atoms with Crippen molar-refractivity contribution in [3.63, 3.8) is 0 Å². The number of nitrogens with zero attached hydrogens (tertiary/aromatic N) is 7. The number of benzene rings is 3. The number of ether oxygens (including phenoxy) is 2. The SMILES string of the molecule is CCOCCn1c(N2CCCN(CCC3(c4ccccc4)CCN(C(=O)c4cc(C5C(C)=NNN5C)ccc4OC)C3)CC2)nc2ccccc21.Cl. The first-order chi connectivity index (χ1) is 24.9. The fourth-order valence-electron chi connectivity index (χ4n) is 8.27. The molecule has 2 saturated heterocycles. The van der Waals surface area contributed by atoms with E-state index < -0.39 is 0 Å². The van der Waals surface area contributed by atoms with Gasteiger partial charge in [0.2, 0.25) is 5.95 Å². The van der Waals surface area contributed by atoms with Crippen molar-refractivity contribution >= 4 is 41.0 Å². The smallest absolute Gasteiger partial charge is 0.257 e. The van der Waals surface area contributed by atoms with Crippen LogP contribution in [0.5, 0.6) is 5.75 Å². The number of halogens is 1. The Labute approximate surface area is 313 Å². The van der Waals surface area contributed by atoms with Crippen LogP contribution in [-0.2, 0) is 16.7 Å². The predicted molar refractivity (Wildman–Crippen MR) is 210 cm³/mol. The number of fused-ring (bicyclic) bond motifs is 1. The quantitative estimate of drug-likeness (QED) is 0.185. The lowest BCUT2D eigenvalue weighted by molar-refractivity contribution is 0.0777. The van der Waals surface area contributed by atoms with Crippen molar-refractivity contribution < 1.29 is 14.3 Å². The molecule has 2 atom stereocenters. The number of nitrogens with one attached hydrogen (secondary N) is 1. The first kappa shape index (κ1) is 37.6. The molecule has 3 aliphatic rings. The van der Waals surface area contributed by atoms with Crippen molar-refractivity contribution in [3.05, 3.63) is 89.5 Å². The van der Waals surface area contributed by atoms with Crippen molar-refractivity contribution in [1.29, 1.82) is 0 Å². The number of carbonyl (C=O) groups excluding carboxylic acids is 1. The third-order valence-electron chi connectivity index (χ3n) is 11.0. The Morgan fingerprint density at radius 2 is 1.79 bits per heavy atom. The maximum atomic E-state index is 14.3. The minimum Gasteiger partial charge on any atom is -0.496 e. The molecule has 3 aromatic carbocycles. The van der Waals surface area contributed by atoms with Gasteiger partial charge in [-0.2, -0.15) is 10.1 Å². The predicted octanol–water partition coefficient (Wildman–Crippen LogP) is 5.76. The maximum Gasteiger partial charge on any atom is 0.257 e. The molecule has 2 fully saturated rings. The molecule has 7 rings (SSSR count). The molecule has 0 bridgehead atoms. The number of hydrogen-bond acceptors (Lipinski definition) is 9. The van der Waals surface area contributed by atoms with Crippen LogP contribution in [0, 0.1) is 0 Å². The molecule has 3 aliphatic heterocycles. The Morgan fingerprint density at radius 3 is 2.56 bits per heavy atom. The number of methoxy groups -OCH3 is 1. The number of rotatable bonds is 12. The maximum absolute atomic E-state index is 14.3. The van der Waals surface area contributed by atoms with Gasteiger partial charge in [-0.1, -0.05) is 48.5 Å². The second-order valence-electron chi connectivity index (χ2n) is 14.1. The molecular weight excluding hydrogens is 676 g/mol. The minimum atomic E-state index is -0.125. The third-order valence-corrected chi connectivity index (χ3v) is 11.0. The molecule has 278 valence electrons. The molecule has 1 aromatic heterocycles. The van der Waals surface area contributed by atoms with Gasteiger partial charge >= 0.3 is 0 Å². The summed E-state index contributed by atoms with van der Waals surface area (Å²) in [5, 5.41) is 6.34. The van der Waals surface area contributed by atoms with Crippen LogP contribution in [0.3, 0.4) is 0 Å². The Balaban J connectivity index is 0.00000464. The zero-order chi connectivity index (χ0) is 35.4. The average molecular weight is 729 g/mol. The molecule has 1 amide bonds. The van der Waals surface area contributed by atoms with E-state index in [1.807, 2.05) is 49.0 Å². The Morgan fingerprint density at radius 1 is 0.981 bits per heavy atom. The van der Waals surface area contributed by atoms with Crippen molar-refractivity contribution in [3.8, 4) is 5.75 Å². The van der Waals surface area contributed by atoms with E-state index in [0.717, 1.165) is 86.8 Å². The summed E-state index contributed by atoms with van der Waals surface area (Å²) < 4.78 is 13.8. The van der Waals surface area contributed by atoms with Crippen LogP contribution in [0.15, 0.2) is 77.9 Å². The average Bonchev–Trinajstić information content (AvgIpc) is 3.81. The van der Waals surface area contributed by atoms with E-state index in [-0.39, 0.29) is 29.8 Å². The number of amides is 1. The summed E-state index contributed by atoms with van der Waals surface area (Å²) in [6.07, 6.45) is 2.98. The minimum absolute atomic E-state index is 0. The molecule has 52 heavy (non-hydrogen) atoms. The molecule has 12 heteroatoms. The van der Waals surface area contributed by atoms with E-state index in [1.165, 1.54) is 5.56 Å². The second-order valence-corrected chi connectivity index (χ2v) is 14.1. The zero-order valence-corrected chi connectivity index (χ0v) is 31.8. The van der Waals surface area contributed by atoms with Gasteiger partial charge in [0.05, 0.1) is 42.1 Å². The van der Waals surface area contributed by atoms with Crippen LogP contribution in [0.1, 0.15) is 60.6 Å². The largest absolute Gasteiger partial charge is 0.496 e. The number of carbonyl (C=O) groups is 1. The fourth-order valence-corrected chi connectivity index (χ4v) is 8.27. The number of imidazole rings is 1. The molecule has 11 nitrogen and oxygen atoms in total. The molecule has 0 aliphatic carbocycles. The number of hydrazone groups is 1. The first-order valence-corrected chi connectivity index (χ1v) is 18.5. The van der Waals surface area contributed by atoms with E-state index >= 15 is 0 Å². The zero-order valence-electron chi connectivity index (χ0n) is 31.0.